The number of nitrogens with zero attached hydrogens (tertiary/aromatic N) is 1. The zero-order valence-electron chi connectivity index (χ0n) is 16.3. The SMILES string of the molecule is Cc1ccc(NC(=O)COc2ccc(CCNCc3cn[nH]c3C)cc2)cc1. The molecule has 0 aliphatic carbocycles. The number of rotatable bonds is 9. The van der Waals surface area contributed by atoms with E-state index in [4.69, 9.17) is 4.74 Å². The highest BCUT2D eigenvalue weighted by molar-refractivity contribution is 5.91. The van der Waals surface area contributed by atoms with Crippen molar-refractivity contribution < 1.29 is 9.53 Å². The van der Waals surface area contributed by atoms with Gasteiger partial charge < -0.3 is 15.4 Å². The van der Waals surface area contributed by atoms with E-state index in [1.54, 1.807) is 0 Å². The second kappa shape index (κ2) is 9.71. The number of nitrogens with one attached hydrogen (secondary N) is 3. The fourth-order valence-corrected chi connectivity index (χ4v) is 2.74. The minimum Gasteiger partial charge on any atom is -0.484 e. The van der Waals surface area contributed by atoms with E-state index in [1.165, 1.54) is 11.1 Å². The molecule has 6 nitrogen and oxygen atoms in total. The Bertz CT molecular complexity index is 886. The molecule has 1 heterocycles. The summed E-state index contributed by atoms with van der Waals surface area (Å²) in [6, 6.07) is 15.5. The summed E-state index contributed by atoms with van der Waals surface area (Å²) in [5, 5.41) is 13.2. The van der Waals surface area contributed by atoms with Crippen molar-refractivity contribution in [2.24, 2.45) is 0 Å². The van der Waals surface area contributed by atoms with E-state index in [-0.39, 0.29) is 12.5 Å². The second-order valence-corrected chi connectivity index (χ2v) is 6.79. The van der Waals surface area contributed by atoms with Crippen LogP contribution in [0, 0.1) is 13.8 Å². The number of benzene rings is 2. The van der Waals surface area contributed by atoms with E-state index >= 15 is 0 Å². The van der Waals surface area contributed by atoms with Crippen LogP contribution in [0.15, 0.2) is 54.7 Å². The molecule has 1 amide bonds. The molecular formula is C22H26N4O2. The average molecular weight is 378 g/mol. The zero-order valence-corrected chi connectivity index (χ0v) is 16.3. The van der Waals surface area contributed by atoms with Crippen LogP contribution in [0.5, 0.6) is 5.75 Å². The van der Waals surface area contributed by atoms with Crippen molar-refractivity contribution in [2.45, 2.75) is 26.8 Å². The van der Waals surface area contributed by atoms with Gasteiger partial charge in [0.05, 0.1) is 6.20 Å². The first-order valence-corrected chi connectivity index (χ1v) is 9.38. The van der Waals surface area contributed by atoms with E-state index in [2.05, 4.69) is 20.8 Å². The maximum atomic E-state index is 12.0. The predicted octanol–water partition coefficient (Wildman–Crippen LogP) is 3.38. The molecule has 0 aliphatic rings. The highest BCUT2D eigenvalue weighted by atomic mass is 16.5. The Hall–Kier alpha value is -3.12. The van der Waals surface area contributed by atoms with Gasteiger partial charge in [0.15, 0.2) is 6.61 Å². The van der Waals surface area contributed by atoms with Crippen molar-refractivity contribution in [1.29, 1.82) is 0 Å². The van der Waals surface area contributed by atoms with Crippen LogP contribution in [-0.4, -0.2) is 29.3 Å². The number of aromatic nitrogens is 2. The van der Waals surface area contributed by atoms with Crippen LogP contribution in [0.3, 0.4) is 0 Å². The smallest absolute Gasteiger partial charge is 0.262 e. The Morgan fingerprint density at radius 3 is 2.50 bits per heavy atom. The summed E-state index contributed by atoms with van der Waals surface area (Å²) in [4.78, 5) is 12.0. The van der Waals surface area contributed by atoms with Crippen molar-refractivity contribution in [2.75, 3.05) is 18.5 Å². The Morgan fingerprint density at radius 1 is 1.07 bits per heavy atom. The molecule has 1 aromatic heterocycles. The lowest BCUT2D eigenvalue weighted by Crippen LogP contribution is -2.20. The molecule has 6 heteroatoms. The van der Waals surface area contributed by atoms with Crippen LogP contribution in [0.25, 0.3) is 0 Å². The third-order valence-corrected chi connectivity index (χ3v) is 4.47. The number of hydrogen-bond acceptors (Lipinski definition) is 4. The highest BCUT2D eigenvalue weighted by Gasteiger charge is 2.04. The molecule has 2 aromatic carbocycles. The van der Waals surface area contributed by atoms with E-state index in [9.17, 15) is 4.79 Å². The lowest BCUT2D eigenvalue weighted by molar-refractivity contribution is -0.118. The third kappa shape index (κ3) is 5.96. The van der Waals surface area contributed by atoms with Crippen molar-refractivity contribution in [3.05, 3.63) is 77.1 Å². The number of carbonyl (C=O) groups excluding carboxylic acids is 1. The number of ether oxygens (including phenoxy) is 1. The van der Waals surface area contributed by atoms with Gasteiger partial charge in [-0.15, -0.1) is 0 Å². The van der Waals surface area contributed by atoms with Gasteiger partial charge in [-0.2, -0.15) is 5.10 Å². The van der Waals surface area contributed by atoms with Gasteiger partial charge in [0, 0.05) is 23.5 Å². The van der Waals surface area contributed by atoms with Crippen LogP contribution in [0.4, 0.5) is 5.69 Å². The first-order valence-electron chi connectivity index (χ1n) is 9.38. The number of amides is 1. The summed E-state index contributed by atoms with van der Waals surface area (Å²) in [7, 11) is 0. The van der Waals surface area contributed by atoms with Crippen LogP contribution in [0.2, 0.25) is 0 Å². The van der Waals surface area contributed by atoms with Crippen molar-refractivity contribution >= 4 is 11.6 Å². The second-order valence-electron chi connectivity index (χ2n) is 6.79. The fraction of sp³-hybridized carbons (Fsp3) is 0.273. The molecule has 146 valence electrons. The van der Waals surface area contributed by atoms with Crippen LogP contribution in [-0.2, 0) is 17.8 Å². The van der Waals surface area contributed by atoms with Gasteiger partial charge in [-0.3, -0.25) is 9.89 Å². The molecule has 3 rings (SSSR count). The van der Waals surface area contributed by atoms with Crippen molar-refractivity contribution in [1.82, 2.24) is 15.5 Å². The standard InChI is InChI=1S/C22H26N4O2/c1-16-3-7-20(8-4-16)25-22(27)15-28-21-9-5-18(6-10-21)11-12-23-13-19-14-24-26-17(19)2/h3-10,14,23H,11-13,15H2,1-2H3,(H,24,26)(H,25,27). The van der Waals surface area contributed by atoms with Crippen molar-refractivity contribution in [3.8, 4) is 5.75 Å². The van der Waals surface area contributed by atoms with Gasteiger partial charge in [0.2, 0.25) is 0 Å². The Kier molecular flexibility index (Phi) is 6.81. The van der Waals surface area contributed by atoms with Crippen LogP contribution in [0.1, 0.15) is 22.4 Å². The number of H-pyrrole nitrogens is 1. The normalized spacial score (nSPS) is 10.6. The minimum atomic E-state index is -0.174. The molecule has 28 heavy (non-hydrogen) atoms. The lowest BCUT2D eigenvalue weighted by Gasteiger charge is -2.09. The first kappa shape index (κ1) is 19.6. The molecule has 0 saturated heterocycles. The molecule has 3 aromatic rings. The van der Waals surface area contributed by atoms with Gasteiger partial charge >= 0.3 is 0 Å². The number of aryl methyl sites for hydroxylation is 2. The van der Waals surface area contributed by atoms with Crippen LogP contribution >= 0.6 is 0 Å². The molecule has 0 saturated carbocycles. The Balaban J connectivity index is 1.37. The number of hydrogen-bond donors (Lipinski definition) is 3. The van der Waals surface area contributed by atoms with E-state index < -0.39 is 0 Å². The van der Waals surface area contributed by atoms with Gasteiger partial charge in [-0.1, -0.05) is 29.8 Å². The predicted molar refractivity (Wildman–Crippen MR) is 110 cm³/mol. The fourth-order valence-electron chi connectivity index (χ4n) is 2.74. The number of carbonyl (C=O) groups is 1. The summed E-state index contributed by atoms with van der Waals surface area (Å²) in [6.45, 7) is 5.70. The molecule has 0 radical (unpaired) electrons. The topological polar surface area (TPSA) is 79.0 Å². The molecule has 0 fully saturated rings. The first-order chi connectivity index (χ1) is 13.6. The molecule has 0 atom stereocenters. The van der Waals surface area contributed by atoms with Crippen LogP contribution < -0.4 is 15.4 Å². The molecule has 0 bridgehead atoms. The van der Waals surface area contributed by atoms with Gasteiger partial charge in [-0.25, -0.2) is 0 Å². The summed E-state index contributed by atoms with van der Waals surface area (Å²) in [5.74, 6) is 0.511. The molecule has 0 unspecified atom stereocenters. The number of aromatic amines is 1. The maximum Gasteiger partial charge on any atom is 0.262 e. The average Bonchev–Trinajstić information content (AvgIpc) is 3.11. The van der Waals surface area contributed by atoms with Gasteiger partial charge in [0.1, 0.15) is 5.75 Å². The Labute approximate surface area is 165 Å². The zero-order chi connectivity index (χ0) is 19.8. The number of anilines is 1. The summed E-state index contributed by atoms with van der Waals surface area (Å²) < 4.78 is 5.57. The Morgan fingerprint density at radius 2 is 1.82 bits per heavy atom. The van der Waals surface area contributed by atoms with E-state index in [1.807, 2.05) is 68.6 Å². The maximum absolute atomic E-state index is 12.0. The largest absolute Gasteiger partial charge is 0.484 e. The summed E-state index contributed by atoms with van der Waals surface area (Å²) in [5.41, 5.74) is 5.43. The summed E-state index contributed by atoms with van der Waals surface area (Å²) >= 11 is 0. The monoisotopic (exact) mass is 378 g/mol. The van der Waals surface area contributed by atoms with Gasteiger partial charge in [-0.05, 0) is 56.6 Å². The quantitative estimate of drug-likeness (QED) is 0.499. The minimum absolute atomic E-state index is 0.0150. The third-order valence-electron chi connectivity index (χ3n) is 4.47. The van der Waals surface area contributed by atoms with E-state index in [0.717, 1.165) is 36.5 Å². The van der Waals surface area contributed by atoms with Crippen molar-refractivity contribution in [3.63, 3.8) is 0 Å². The highest BCUT2D eigenvalue weighted by Crippen LogP contribution is 2.13. The summed E-state index contributed by atoms with van der Waals surface area (Å²) in [6.07, 6.45) is 2.77. The molecule has 0 spiro atoms. The lowest BCUT2D eigenvalue weighted by atomic mass is 10.1. The molecule has 0 aliphatic heterocycles. The molecular weight excluding hydrogens is 352 g/mol. The molecule has 3 N–H and O–H groups in total. The van der Waals surface area contributed by atoms with Gasteiger partial charge in [0.25, 0.3) is 5.91 Å². The van der Waals surface area contributed by atoms with E-state index in [0.29, 0.717) is 5.75 Å².